The first kappa shape index (κ1) is 11.4. The predicted octanol–water partition coefficient (Wildman–Crippen LogP) is 3.16. The average molecular weight is 277 g/mol. The van der Waals surface area contributed by atoms with Crippen LogP contribution in [-0.2, 0) is 6.54 Å². The molecular formula is C13H9ClN2OS. The topological polar surface area (TPSA) is 34.9 Å². The van der Waals surface area contributed by atoms with Gasteiger partial charge in [-0.15, -0.1) is 11.3 Å². The van der Waals surface area contributed by atoms with Gasteiger partial charge in [0.05, 0.1) is 11.9 Å². The molecular weight excluding hydrogens is 268 g/mol. The van der Waals surface area contributed by atoms with E-state index in [0.29, 0.717) is 11.7 Å². The van der Waals surface area contributed by atoms with Crippen molar-refractivity contribution in [1.82, 2.24) is 9.55 Å². The second kappa shape index (κ2) is 4.55. The third kappa shape index (κ3) is 1.94. The molecule has 0 aliphatic rings. The highest BCUT2D eigenvalue weighted by Crippen LogP contribution is 2.17. The first-order valence-corrected chi connectivity index (χ1v) is 6.67. The molecule has 0 bridgehead atoms. The zero-order chi connectivity index (χ0) is 12.5. The molecule has 3 aromatic rings. The number of fused-ring (bicyclic) bond motifs is 1. The Kier molecular flexibility index (Phi) is 2.89. The maximum absolute atomic E-state index is 12.2. The Labute approximate surface area is 112 Å². The molecule has 0 radical (unpaired) electrons. The van der Waals surface area contributed by atoms with Crippen LogP contribution in [0.15, 0.2) is 46.8 Å². The van der Waals surface area contributed by atoms with Crippen LogP contribution < -0.4 is 5.56 Å². The molecule has 3 nitrogen and oxygen atoms in total. The molecule has 3 rings (SSSR count). The van der Waals surface area contributed by atoms with Crippen molar-refractivity contribution in [3.63, 3.8) is 0 Å². The fourth-order valence-electron chi connectivity index (χ4n) is 1.85. The molecule has 0 aromatic carbocycles. The van der Waals surface area contributed by atoms with Crippen molar-refractivity contribution in [2.24, 2.45) is 0 Å². The van der Waals surface area contributed by atoms with Gasteiger partial charge in [-0.3, -0.25) is 4.79 Å². The fourth-order valence-corrected chi connectivity index (χ4v) is 2.80. The first-order valence-electron chi connectivity index (χ1n) is 5.42. The molecule has 3 aromatic heterocycles. The molecule has 5 heteroatoms. The lowest BCUT2D eigenvalue weighted by atomic mass is 10.2. The minimum Gasteiger partial charge on any atom is -0.310 e. The van der Waals surface area contributed by atoms with E-state index >= 15 is 0 Å². The van der Waals surface area contributed by atoms with Crippen molar-refractivity contribution in [3.05, 3.63) is 63.1 Å². The Hall–Kier alpha value is -1.65. The second-order valence-electron chi connectivity index (χ2n) is 3.90. The lowest BCUT2D eigenvalue weighted by molar-refractivity contribution is 0.765. The largest absolute Gasteiger partial charge is 0.310 e. The van der Waals surface area contributed by atoms with E-state index in [-0.39, 0.29) is 5.56 Å². The van der Waals surface area contributed by atoms with Gasteiger partial charge in [-0.2, -0.15) is 0 Å². The van der Waals surface area contributed by atoms with Crippen LogP contribution in [0.25, 0.3) is 10.1 Å². The first-order chi connectivity index (χ1) is 8.75. The van der Waals surface area contributed by atoms with Crippen LogP contribution in [0.5, 0.6) is 0 Å². The standard InChI is InChI=1S/C13H9ClN2OS/c14-12-9(2-1-5-15-12)8-16-6-3-11-10(13(16)17)4-7-18-11/h1-7H,8H2. The van der Waals surface area contributed by atoms with Crippen LogP contribution in [0, 0.1) is 0 Å². The molecule has 0 saturated heterocycles. The summed E-state index contributed by atoms with van der Waals surface area (Å²) in [5, 5.41) is 3.12. The zero-order valence-corrected chi connectivity index (χ0v) is 10.9. The highest BCUT2D eigenvalue weighted by molar-refractivity contribution is 7.17. The summed E-state index contributed by atoms with van der Waals surface area (Å²) in [5.41, 5.74) is 0.851. The minimum absolute atomic E-state index is 0.00803. The molecule has 0 amide bonds. The van der Waals surface area contributed by atoms with Crippen molar-refractivity contribution >= 4 is 33.0 Å². The molecule has 0 N–H and O–H groups in total. The second-order valence-corrected chi connectivity index (χ2v) is 5.21. The van der Waals surface area contributed by atoms with E-state index in [4.69, 9.17) is 11.6 Å². The molecule has 0 aliphatic carbocycles. The number of hydrogen-bond acceptors (Lipinski definition) is 3. The Bertz CT molecular complexity index is 763. The Morgan fingerprint density at radius 2 is 2.22 bits per heavy atom. The van der Waals surface area contributed by atoms with E-state index in [1.807, 2.05) is 29.6 Å². The number of hydrogen-bond donors (Lipinski definition) is 0. The monoisotopic (exact) mass is 276 g/mol. The Morgan fingerprint density at radius 3 is 3.06 bits per heavy atom. The number of nitrogens with zero attached hydrogens (tertiary/aromatic N) is 2. The quantitative estimate of drug-likeness (QED) is 0.674. The maximum atomic E-state index is 12.2. The summed E-state index contributed by atoms with van der Waals surface area (Å²) in [6.45, 7) is 0.442. The van der Waals surface area contributed by atoms with Crippen LogP contribution in [-0.4, -0.2) is 9.55 Å². The van der Waals surface area contributed by atoms with Gasteiger partial charge < -0.3 is 4.57 Å². The summed E-state index contributed by atoms with van der Waals surface area (Å²) in [5.74, 6) is 0. The van der Waals surface area contributed by atoms with Gasteiger partial charge in [0.25, 0.3) is 5.56 Å². The lowest BCUT2D eigenvalue weighted by Gasteiger charge is -2.06. The Balaban J connectivity index is 2.08. The van der Waals surface area contributed by atoms with E-state index in [1.165, 1.54) is 0 Å². The summed E-state index contributed by atoms with van der Waals surface area (Å²) in [7, 11) is 0. The molecule has 3 heterocycles. The molecule has 0 spiro atoms. The van der Waals surface area contributed by atoms with Crippen LogP contribution >= 0.6 is 22.9 Å². The van der Waals surface area contributed by atoms with Gasteiger partial charge in [0, 0.05) is 22.7 Å². The summed E-state index contributed by atoms with van der Waals surface area (Å²) < 4.78 is 2.66. The van der Waals surface area contributed by atoms with E-state index in [2.05, 4.69) is 4.98 Å². The van der Waals surface area contributed by atoms with Crippen LogP contribution in [0.4, 0.5) is 0 Å². The molecule has 0 atom stereocenters. The number of thiophene rings is 1. The van der Waals surface area contributed by atoms with Gasteiger partial charge in [-0.05, 0) is 23.6 Å². The molecule has 0 saturated carbocycles. The van der Waals surface area contributed by atoms with Crippen molar-refractivity contribution in [2.75, 3.05) is 0 Å². The van der Waals surface area contributed by atoms with Crippen LogP contribution in [0.1, 0.15) is 5.56 Å². The number of halogens is 1. The highest BCUT2D eigenvalue weighted by atomic mass is 35.5. The van der Waals surface area contributed by atoms with Gasteiger partial charge in [0.15, 0.2) is 0 Å². The fraction of sp³-hybridized carbons (Fsp3) is 0.0769. The van der Waals surface area contributed by atoms with Crippen LogP contribution in [0.2, 0.25) is 5.15 Å². The molecule has 90 valence electrons. The molecule has 0 fully saturated rings. The van der Waals surface area contributed by atoms with Gasteiger partial charge in [0.1, 0.15) is 5.15 Å². The predicted molar refractivity (Wildman–Crippen MR) is 74.4 cm³/mol. The molecule has 0 aliphatic heterocycles. The third-order valence-corrected chi connectivity index (χ3v) is 3.99. The summed E-state index contributed by atoms with van der Waals surface area (Å²) in [6.07, 6.45) is 3.43. The molecule has 18 heavy (non-hydrogen) atoms. The smallest absolute Gasteiger partial charge is 0.259 e. The maximum Gasteiger partial charge on any atom is 0.259 e. The minimum atomic E-state index is 0.00803. The van der Waals surface area contributed by atoms with Gasteiger partial charge in [-0.1, -0.05) is 17.7 Å². The summed E-state index contributed by atoms with van der Waals surface area (Å²) in [4.78, 5) is 16.2. The Morgan fingerprint density at radius 1 is 1.33 bits per heavy atom. The van der Waals surface area contributed by atoms with E-state index in [1.54, 1.807) is 28.3 Å². The highest BCUT2D eigenvalue weighted by Gasteiger charge is 2.06. The van der Waals surface area contributed by atoms with Crippen molar-refractivity contribution in [2.45, 2.75) is 6.54 Å². The third-order valence-electron chi connectivity index (χ3n) is 2.77. The van der Waals surface area contributed by atoms with Crippen LogP contribution in [0.3, 0.4) is 0 Å². The normalized spacial score (nSPS) is 10.9. The van der Waals surface area contributed by atoms with Crippen molar-refractivity contribution in [3.8, 4) is 0 Å². The summed E-state index contributed by atoms with van der Waals surface area (Å²) >= 11 is 7.57. The van der Waals surface area contributed by atoms with E-state index < -0.39 is 0 Å². The number of pyridine rings is 2. The average Bonchev–Trinajstić information content (AvgIpc) is 2.84. The SMILES string of the molecule is O=c1c2ccsc2ccn1Cc1cccnc1Cl. The van der Waals surface area contributed by atoms with Gasteiger partial charge in [0.2, 0.25) is 0 Å². The van der Waals surface area contributed by atoms with Crippen molar-refractivity contribution < 1.29 is 0 Å². The molecule has 0 unspecified atom stereocenters. The van der Waals surface area contributed by atoms with E-state index in [0.717, 1.165) is 15.6 Å². The zero-order valence-electron chi connectivity index (χ0n) is 9.34. The van der Waals surface area contributed by atoms with Gasteiger partial charge >= 0.3 is 0 Å². The summed E-state index contributed by atoms with van der Waals surface area (Å²) in [6, 6.07) is 7.49. The lowest BCUT2D eigenvalue weighted by Crippen LogP contribution is -2.19. The van der Waals surface area contributed by atoms with Crippen molar-refractivity contribution in [1.29, 1.82) is 0 Å². The number of aromatic nitrogens is 2. The van der Waals surface area contributed by atoms with E-state index in [9.17, 15) is 4.79 Å². The number of rotatable bonds is 2. The van der Waals surface area contributed by atoms with Gasteiger partial charge in [-0.25, -0.2) is 4.98 Å².